The number of hydrogen-bond acceptors (Lipinski definition) is 1. The molecule has 1 atom stereocenters. The minimum absolute atomic E-state index is 0.233. The normalized spacial score (nSPS) is 17.4. The van der Waals surface area contributed by atoms with Crippen molar-refractivity contribution >= 4 is 16.7 Å². The van der Waals surface area contributed by atoms with Crippen LogP contribution in [-0.4, -0.2) is 11.1 Å². The number of rotatable bonds is 4. The van der Waals surface area contributed by atoms with Gasteiger partial charge < -0.3 is 5.11 Å². The van der Waals surface area contributed by atoms with E-state index in [4.69, 9.17) is 0 Å². The Kier molecular flexibility index (Phi) is 3.72. The highest BCUT2D eigenvalue weighted by Crippen LogP contribution is 2.34. The predicted molar refractivity (Wildman–Crippen MR) is 80.7 cm³/mol. The van der Waals surface area contributed by atoms with Crippen LogP contribution in [0.15, 0.2) is 42.5 Å². The first-order valence-electron chi connectivity index (χ1n) is 7.45. The fourth-order valence-corrected chi connectivity index (χ4v) is 3.52. The maximum Gasteiger partial charge on any atom is 0.307 e. The second-order valence-corrected chi connectivity index (χ2v) is 5.83. The number of hydrogen-bond donors (Lipinski definition) is 1. The number of aliphatic carboxylic acids is 1. The van der Waals surface area contributed by atoms with Gasteiger partial charge in [0.05, 0.1) is 5.92 Å². The predicted octanol–water partition coefficient (Wildman–Crippen LogP) is 4.27. The molecule has 0 saturated heterocycles. The summed E-state index contributed by atoms with van der Waals surface area (Å²) >= 11 is 0. The fourth-order valence-electron chi connectivity index (χ4n) is 3.52. The monoisotopic (exact) mass is 268 g/mol. The smallest absolute Gasteiger partial charge is 0.307 e. The third-order valence-corrected chi connectivity index (χ3v) is 4.61. The summed E-state index contributed by atoms with van der Waals surface area (Å²) in [5.74, 6) is -0.514. The summed E-state index contributed by atoms with van der Waals surface area (Å²) in [6.07, 6.45) is 5.17. The quantitative estimate of drug-likeness (QED) is 0.899. The molecule has 2 heteroatoms. The van der Waals surface area contributed by atoms with Gasteiger partial charge in [0.25, 0.3) is 0 Å². The molecule has 2 aromatic carbocycles. The molecule has 20 heavy (non-hydrogen) atoms. The van der Waals surface area contributed by atoms with Crippen molar-refractivity contribution in [2.75, 3.05) is 0 Å². The lowest BCUT2D eigenvalue weighted by Crippen LogP contribution is -2.24. The zero-order valence-electron chi connectivity index (χ0n) is 11.6. The fraction of sp³-hybridized carbons (Fsp3) is 0.389. The van der Waals surface area contributed by atoms with Gasteiger partial charge in [-0.05, 0) is 41.5 Å². The Morgan fingerprint density at radius 1 is 1.10 bits per heavy atom. The molecule has 3 rings (SSSR count). The largest absolute Gasteiger partial charge is 0.481 e. The van der Waals surface area contributed by atoms with Gasteiger partial charge in [0, 0.05) is 0 Å². The van der Waals surface area contributed by atoms with Crippen molar-refractivity contribution in [3.8, 4) is 0 Å². The molecule has 2 aromatic rings. The Labute approximate surface area is 119 Å². The number of carboxylic acid groups (broad SMARTS) is 1. The molecule has 104 valence electrons. The standard InChI is InChI=1S/C18H20O2/c19-18(20)17(14-7-1-2-8-14)12-15-10-5-9-13-6-3-4-11-16(13)15/h3-6,9-11,14,17H,1-2,7-8,12H2,(H,19,20). The summed E-state index contributed by atoms with van der Waals surface area (Å²) in [6.45, 7) is 0. The van der Waals surface area contributed by atoms with Crippen LogP contribution in [0, 0.1) is 11.8 Å². The van der Waals surface area contributed by atoms with E-state index in [1.807, 2.05) is 18.2 Å². The molecule has 1 fully saturated rings. The first-order chi connectivity index (χ1) is 9.75. The molecule has 1 unspecified atom stereocenters. The minimum Gasteiger partial charge on any atom is -0.481 e. The van der Waals surface area contributed by atoms with Crippen LogP contribution in [0.1, 0.15) is 31.2 Å². The molecule has 2 nitrogen and oxygen atoms in total. The highest BCUT2D eigenvalue weighted by atomic mass is 16.4. The third kappa shape index (κ3) is 2.55. The Morgan fingerprint density at radius 2 is 1.80 bits per heavy atom. The second kappa shape index (κ2) is 5.66. The van der Waals surface area contributed by atoms with Gasteiger partial charge in [0.15, 0.2) is 0 Å². The van der Waals surface area contributed by atoms with Gasteiger partial charge >= 0.3 is 5.97 Å². The van der Waals surface area contributed by atoms with Crippen LogP contribution in [0.5, 0.6) is 0 Å². The molecule has 0 aromatic heterocycles. The lowest BCUT2D eigenvalue weighted by atomic mass is 9.84. The van der Waals surface area contributed by atoms with Gasteiger partial charge in [-0.25, -0.2) is 0 Å². The van der Waals surface area contributed by atoms with E-state index < -0.39 is 5.97 Å². The Balaban J connectivity index is 1.92. The van der Waals surface area contributed by atoms with Crippen molar-refractivity contribution in [1.82, 2.24) is 0 Å². The summed E-state index contributed by atoms with van der Waals surface area (Å²) in [6, 6.07) is 14.4. The third-order valence-electron chi connectivity index (χ3n) is 4.61. The van der Waals surface area contributed by atoms with Crippen LogP contribution < -0.4 is 0 Å². The van der Waals surface area contributed by atoms with Crippen molar-refractivity contribution in [3.05, 3.63) is 48.0 Å². The maximum atomic E-state index is 11.6. The molecule has 0 heterocycles. The molecule has 0 aliphatic heterocycles. The van der Waals surface area contributed by atoms with Crippen molar-refractivity contribution in [1.29, 1.82) is 0 Å². The first kappa shape index (κ1) is 13.2. The molecule has 0 amide bonds. The van der Waals surface area contributed by atoms with E-state index in [1.54, 1.807) is 0 Å². The molecule has 0 spiro atoms. The average molecular weight is 268 g/mol. The number of benzene rings is 2. The lowest BCUT2D eigenvalue weighted by molar-refractivity contribution is -0.143. The number of carbonyl (C=O) groups is 1. The summed E-state index contributed by atoms with van der Waals surface area (Å²) in [5, 5.41) is 12.0. The first-order valence-corrected chi connectivity index (χ1v) is 7.45. The van der Waals surface area contributed by atoms with E-state index in [2.05, 4.69) is 24.3 Å². The van der Waals surface area contributed by atoms with Crippen LogP contribution in [-0.2, 0) is 11.2 Å². The molecule has 1 aliphatic rings. The lowest BCUT2D eigenvalue weighted by Gasteiger charge is -2.20. The van der Waals surface area contributed by atoms with E-state index in [0.717, 1.165) is 12.8 Å². The summed E-state index contributed by atoms with van der Waals surface area (Å²) in [4.78, 5) is 11.6. The van der Waals surface area contributed by atoms with Crippen LogP contribution in [0.4, 0.5) is 0 Å². The number of fused-ring (bicyclic) bond motifs is 1. The van der Waals surface area contributed by atoms with Crippen molar-refractivity contribution in [2.45, 2.75) is 32.1 Å². The van der Waals surface area contributed by atoms with E-state index in [9.17, 15) is 9.90 Å². The minimum atomic E-state index is -0.634. The van der Waals surface area contributed by atoms with Gasteiger partial charge in [0.1, 0.15) is 0 Å². The molecule has 1 saturated carbocycles. The molecule has 1 N–H and O–H groups in total. The van der Waals surface area contributed by atoms with Gasteiger partial charge in [-0.1, -0.05) is 55.3 Å². The van der Waals surface area contributed by atoms with E-state index in [0.29, 0.717) is 12.3 Å². The molecule has 0 radical (unpaired) electrons. The molecule has 0 bridgehead atoms. The van der Waals surface area contributed by atoms with Crippen LogP contribution >= 0.6 is 0 Å². The summed E-state index contributed by atoms with van der Waals surface area (Å²) in [5.41, 5.74) is 1.17. The van der Waals surface area contributed by atoms with Gasteiger partial charge in [-0.15, -0.1) is 0 Å². The highest BCUT2D eigenvalue weighted by molar-refractivity contribution is 5.86. The van der Waals surface area contributed by atoms with Gasteiger partial charge in [-0.2, -0.15) is 0 Å². The van der Waals surface area contributed by atoms with E-state index in [1.165, 1.54) is 29.2 Å². The van der Waals surface area contributed by atoms with Crippen molar-refractivity contribution < 1.29 is 9.90 Å². The zero-order chi connectivity index (χ0) is 13.9. The van der Waals surface area contributed by atoms with E-state index >= 15 is 0 Å². The Bertz CT molecular complexity index is 606. The van der Waals surface area contributed by atoms with Crippen LogP contribution in [0.2, 0.25) is 0 Å². The topological polar surface area (TPSA) is 37.3 Å². The van der Waals surface area contributed by atoms with Crippen molar-refractivity contribution in [3.63, 3.8) is 0 Å². The van der Waals surface area contributed by atoms with Crippen LogP contribution in [0.25, 0.3) is 10.8 Å². The zero-order valence-corrected chi connectivity index (χ0v) is 11.6. The SMILES string of the molecule is O=C(O)C(Cc1cccc2ccccc12)C1CCCC1. The Morgan fingerprint density at radius 3 is 2.55 bits per heavy atom. The van der Waals surface area contributed by atoms with Crippen molar-refractivity contribution in [2.24, 2.45) is 11.8 Å². The maximum absolute atomic E-state index is 11.6. The molecular weight excluding hydrogens is 248 g/mol. The summed E-state index contributed by atoms with van der Waals surface area (Å²) in [7, 11) is 0. The Hall–Kier alpha value is -1.83. The van der Waals surface area contributed by atoms with Gasteiger partial charge in [-0.3, -0.25) is 4.79 Å². The molecule has 1 aliphatic carbocycles. The highest BCUT2D eigenvalue weighted by Gasteiger charge is 2.30. The second-order valence-electron chi connectivity index (χ2n) is 5.83. The van der Waals surface area contributed by atoms with E-state index in [-0.39, 0.29) is 5.92 Å². The number of carboxylic acids is 1. The molecular formula is C18H20O2. The average Bonchev–Trinajstić information content (AvgIpc) is 2.98. The van der Waals surface area contributed by atoms with Crippen LogP contribution in [0.3, 0.4) is 0 Å². The summed E-state index contributed by atoms with van der Waals surface area (Å²) < 4.78 is 0. The van der Waals surface area contributed by atoms with Gasteiger partial charge in [0.2, 0.25) is 0 Å².